The lowest BCUT2D eigenvalue weighted by molar-refractivity contribution is 0.417. The van der Waals surface area contributed by atoms with Crippen LogP contribution in [-0.4, -0.2) is 18.2 Å². The fourth-order valence-electron chi connectivity index (χ4n) is 2.06. The van der Waals surface area contributed by atoms with Gasteiger partial charge in [-0.3, -0.25) is 0 Å². The van der Waals surface area contributed by atoms with Crippen molar-refractivity contribution in [1.29, 1.82) is 0 Å². The van der Waals surface area contributed by atoms with Crippen molar-refractivity contribution < 1.29 is 4.74 Å². The Balaban J connectivity index is 2.77. The van der Waals surface area contributed by atoms with Gasteiger partial charge in [-0.05, 0) is 12.6 Å². The smallest absolute Gasteiger partial charge is 0.143 e. The van der Waals surface area contributed by atoms with E-state index in [1.165, 1.54) is 0 Å². The number of halogens is 1. The largest absolute Gasteiger partial charge is 0.495 e. The summed E-state index contributed by atoms with van der Waals surface area (Å²) in [5, 5.41) is 1.80. The highest BCUT2D eigenvalue weighted by atomic mass is 35.5. The second-order valence-electron chi connectivity index (χ2n) is 3.71. The molecule has 4 heteroatoms. The van der Waals surface area contributed by atoms with Gasteiger partial charge in [-0.1, -0.05) is 23.7 Å². The predicted octanol–water partition coefficient (Wildman–Crippen LogP) is 2.34. The lowest BCUT2D eigenvalue weighted by atomic mass is 10.2. The Morgan fingerprint density at radius 3 is 2.81 bits per heavy atom. The Morgan fingerprint density at radius 2 is 2.19 bits per heavy atom. The van der Waals surface area contributed by atoms with Crippen LogP contribution in [0.3, 0.4) is 0 Å². The van der Waals surface area contributed by atoms with Crippen molar-refractivity contribution in [3.05, 3.63) is 28.9 Å². The summed E-state index contributed by atoms with van der Waals surface area (Å²) in [5.41, 5.74) is 7.67. The van der Waals surface area contributed by atoms with Crippen molar-refractivity contribution in [2.75, 3.05) is 13.7 Å². The van der Waals surface area contributed by atoms with E-state index in [0.717, 1.165) is 33.8 Å². The molecule has 1 aromatic carbocycles. The number of rotatable bonds is 3. The Labute approximate surface area is 99.7 Å². The maximum Gasteiger partial charge on any atom is 0.143 e. The number of hydrogen-bond donors (Lipinski definition) is 1. The molecule has 0 saturated heterocycles. The van der Waals surface area contributed by atoms with Crippen molar-refractivity contribution in [2.24, 2.45) is 12.8 Å². The average molecular weight is 239 g/mol. The van der Waals surface area contributed by atoms with Gasteiger partial charge >= 0.3 is 0 Å². The Hall–Kier alpha value is -1.19. The number of para-hydroxylation sites is 1. The normalized spacial score (nSPS) is 11.0. The van der Waals surface area contributed by atoms with Crippen LogP contribution >= 0.6 is 11.6 Å². The summed E-state index contributed by atoms with van der Waals surface area (Å²) in [6.45, 7) is 0.589. The highest BCUT2D eigenvalue weighted by Gasteiger charge is 2.15. The fraction of sp³-hybridized carbons (Fsp3) is 0.333. The molecule has 0 spiro atoms. The third-order valence-corrected chi connectivity index (χ3v) is 3.25. The van der Waals surface area contributed by atoms with Gasteiger partial charge < -0.3 is 15.0 Å². The minimum atomic E-state index is 0.589. The van der Waals surface area contributed by atoms with Crippen LogP contribution in [0, 0.1) is 0 Å². The van der Waals surface area contributed by atoms with Gasteiger partial charge in [0.05, 0.1) is 17.6 Å². The van der Waals surface area contributed by atoms with Crippen molar-refractivity contribution in [3.63, 3.8) is 0 Å². The molecule has 1 heterocycles. The summed E-state index contributed by atoms with van der Waals surface area (Å²) in [7, 11) is 3.65. The van der Waals surface area contributed by atoms with Crippen LogP contribution in [0.4, 0.5) is 0 Å². The van der Waals surface area contributed by atoms with Crippen molar-refractivity contribution in [3.8, 4) is 5.75 Å². The van der Waals surface area contributed by atoms with Gasteiger partial charge in [-0.15, -0.1) is 0 Å². The molecule has 0 fully saturated rings. The molecule has 0 aliphatic rings. The van der Waals surface area contributed by atoms with Gasteiger partial charge in [0.1, 0.15) is 5.75 Å². The maximum absolute atomic E-state index is 6.34. The molecule has 0 bridgehead atoms. The van der Waals surface area contributed by atoms with Crippen LogP contribution in [-0.2, 0) is 13.5 Å². The molecule has 1 aromatic heterocycles. The molecule has 2 N–H and O–H groups in total. The summed E-state index contributed by atoms with van der Waals surface area (Å²) in [6, 6.07) is 5.88. The lowest BCUT2D eigenvalue weighted by Crippen LogP contribution is -2.07. The predicted molar refractivity (Wildman–Crippen MR) is 67.2 cm³/mol. The third kappa shape index (κ3) is 1.56. The van der Waals surface area contributed by atoms with Gasteiger partial charge in [0, 0.05) is 24.5 Å². The van der Waals surface area contributed by atoms with Gasteiger partial charge in [0.2, 0.25) is 0 Å². The zero-order chi connectivity index (χ0) is 11.7. The van der Waals surface area contributed by atoms with E-state index in [-0.39, 0.29) is 0 Å². The van der Waals surface area contributed by atoms with Crippen LogP contribution in [0.15, 0.2) is 18.2 Å². The summed E-state index contributed by atoms with van der Waals surface area (Å²) >= 11 is 6.34. The molecule has 2 rings (SSSR count). The van der Waals surface area contributed by atoms with Crippen molar-refractivity contribution >= 4 is 22.5 Å². The molecule has 16 heavy (non-hydrogen) atoms. The number of ether oxygens (including phenoxy) is 1. The van der Waals surface area contributed by atoms with Crippen LogP contribution in [0.5, 0.6) is 5.75 Å². The number of hydrogen-bond acceptors (Lipinski definition) is 2. The summed E-state index contributed by atoms with van der Waals surface area (Å²) in [5.74, 6) is 0.838. The van der Waals surface area contributed by atoms with Gasteiger partial charge in [-0.25, -0.2) is 0 Å². The van der Waals surface area contributed by atoms with Gasteiger partial charge in [-0.2, -0.15) is 0 Å². The Bertz CT molecular complexity index is 519. The first-order valence-corrected chi connectivity index (χ1v) is 5.58. The standard InChI is InChI=1S/C12H15ClN2O/c1-15-9(6-7-14)11(13)8-4-3-5-10(16-2)12(8)15/h3-5H,6-7,14H2,1-2H3. The SMILES string of the molecule is COc1cccc2c(Cl)c(CCN)n(C)c12. The van der Waals surface area contributed by atoms with Crippen molar-refractivity contribution in [1.82, 2.24) is 4.57 Å². The maximum atomic E-state index is 6.34. The summed E-state index contributed by atoms with van der Waals surface area (Å²) in [6.07, 6.45) is 0.771. The molecule has 0 unspecified atom stereocenters. The topological polar surface area (TPSA) is 40.2 Å². The highest BCUT2D eigenvalue weighted by molar-refractivity contribution is 6.36. The quantitative estimate of drug-likeness (QED) is 0.892. The molecule has 0 atom stereocenters. The van der Waals surface area contributed by atoms with E-state index in [2.05, 4.69) is 4.57 Å². The number of nitrogens with zero attached hydrogens (tertiary/aromatic N) is 1. The number of aryl methyl sites for hydroxylation is 1. The van der Waals surface area contributed by atoms with E-state index in [1.54, 1.807) is 7.11 Å². The van der Waals surface area contributed by atoms with E-state index in [4.69, 9.17) is 22.1 Å². The summed E-state index contributed by atoms with van der Waals surface area (Å²) in [4.78, 5) is 0. The van der Waals surface area contributed by atoms with Crippen LogP contribution in [0.1, 0.15) is 5.69 Å². The molecule has 86 valence electrons. The lowest BCUT2D eigenvalue weighted by Gasteiger charge is -2.06. The molecule has 0 aliphatic carbocycles. The molecule has 3 nitrogen and oxygen atoms in total. The first-order valence-electron chi connectivity index (χ1n) is 5.20. The second-order valence-corrected chi connectivity index (χ2v) is 4.09. The van der Waals surface area contributed by atoms with E-state index in [9.17, 15) is 0 Å². The average Bonchev–Trinajstić information content (AvgIpc) is 2.55. The second kappa shape index (κ2) is 4.36. The number of benzene rings is 1. The van der Waals surface area contributed by atoms with E-state index in [0.29, 0.717) is 6.54 Å². The molecule has 2 aromatic rings. The van der Waals surface area contributed by atoms with Gasteiger partial charge in [0.25, 0.3) is 0 Å². The Morgan fingerprint density at radius 1 is 1.44 bits per heavy atom. The summed E-state index contributed by atoms with van der Waals surface area (Å²) < 4.78 is 7.40. The Kier molecular flexibility index (Phi) is 3.08. The van der Waals surface area contributed by atoms with Crippen LogP contribution < -0.4 is 10.5 Å². The van der Waals surface area contributed by atoms with Crippen LogP contribution in [0.2, 0.25) is 5.02 Å². The molecule has 0 radical (unpaired) electrons. The molecular weight excluding hydrogens is 224 g/mol. The fourth-order valence-corrected chi connectivity index (χ4v) is 2.44. The van der Waals surface area contributed by atoms with Crippen LogP contribution in [0.25, 0.3) is 10.9 Å². The number of nitrogens with two attached hydrogens (primary N) is 1. The van der Waals surface area contributed by atoms with E-state index >= 15 is 0 Å². The molecule has 0 aliphatic heterocycles. The van der Waals surface area contributed by atoms with Gasteiger partial charge in [0.15, 0.2) is 0 Å². The number of aromatic nitrogens is 1. The number of methoxy groups -OCH3 is 1. The zero-order valence-electron chi connectivity index (χ0n) is 9.46. The minimum Gasteiger partial charge on any atom is -0.495 e. The highest BCUT2D eigenvalue weighted by Crippen LogP contribution is 2.35. The van der Waals surface area contributed by atoms with Crippen molar-refractivity contribution in [2.45, 2.75) is 6.42 Å². The van der Waals surface area contributed by atoms with E-state index < -0.39 is 0 Å². The molecule has 0 saturated carbocycles. The molecular formula is C12H15ClN2O. The minimum absolute atomic E-state index is 0.589. The zero-order valence-corrected chi connectivity index (χ0v) is 10.2. The monoisotopic (exact) mass is 238 g/mol. The number of fused-ring (bicyclic) bond motifs is 1. The first kappa shape index (κ1) is 11.3. The molecule has 0 amide bonds. The first-order chi connectivity index (χ1) is 7.70. The van der Waals surface area contributed by atoms with E-state index in [1.807, 2.05) is 25.2 Å². The third-order valence-electron chi connectivity index (χ3n) is 2.83.